The number of nitrogen functional groups attached to an aromatic ring is 1. The van der Waals surface area contributed by atoms with Gasteiger partial charge < -0.3 is 5.73 Å². The smallest absolute Gasteiger partial charge is 0.240 e. The topological polar surface area (TPSA) is 82.5 Å². The number of hydrogen-bond donors (Lipinski definition) is 1. The summed E-state index contributed by atoms with van der Waals surface area (Å²) in [6.45, 7) is 2.56. The zero-order chi connectivity index (χ0) is 13.9. The third-order valence-electron chi connectivity index (χ3n) is 3.06. The van der Waals surface area contributed by atoms with Crippen LogP contribution in [0.5, 0.6) is 0 Å². The van der Waals surface area contributed by atoms with Crippen molar-refractivity contribution in [1.29, 1.82) is 0 Å². The van der Waals surface area contributed by atoms with Crippen LogP contribution in [0, 0.1) is 6.92 Å². The lowest BCUT2D eigenvalue weighted by Gasteiger charge is -2.09. The van der Waals surface area contributed by atoms with Crippen LogP contribution in [0.15, 0.2) is 42.6 Å². The summed E-state index contributed by atoms with van der Waals surface area (Å²) in [4.78, 5) is 4.48. The van der Waals surface area contributed by atoms with Gasteiger partial charge in [0.05, 0.1) is 12.2 Å². The highest BCUT2D eigenvalue weighted by molar-refractivity contribution is 5.63. The second-order valence-electron chi connectivity index (χ2n) is 4.58. The van der Waals surface area contributed by atoms with Gasteiger partial charge in [0.2, 0.25) is 5.95 Å². The van der Waals surface area contributed by atoms with E-state index in [1.54, 1.807) is 10.9 Å². The molecule has 6 heteroatoms. The summed E-state index contributed by atoms with van der Waals surface area (Å²) in [5, 5.41) is 11.1. The van der Waals surface area contributed by atoms with Gasteiger partial charge in [0.25, 0.3) is 0 Å². The molecule has 0 amide bonds. The molecule has 3 aromatic rings. The van der Waals surface area contributed by atoms with Crippen molar-refractivity contribution in [2.45, 2.75) is 13.5 Å². The summed E-state index contributed by atoms with van der Waals surface area (Å²) in [7, 11) is 0. The van der Waals surface area contributed by atoms with Gasteiger partial charge in [-0.2, -0.15) is 0 Å². The van der Waals surface area contributed by atoms with Crippen LogP contribution in [0.3, 0.4) is 0 Å². The van der Waals surface area contributed by atoms with Crippen molar-refractivity contribution >= 4 is 5.95 Å². The Bertz CT molecular complexity index is 734. The largest absolute Gasteiger partial charge is 0.367 e. The van der Waals surface area contributed by atoms with Crippen molar-refractivity contribution in [1.82, 2.24) is 25.2 Å². The van der Waals surface area contributed by atoms with Crippen molar-refractivity contribution in [3.8, 4) is 11.3 Å². The summed E-state index contributed by atoms with van der Waals surface area (Å²) < 4.78 is 1.55. The molecular weight excluding hydrogens is 252 g/mol. The van der Waals surface area contributed by atoms with E-state index in [0.29, 0.717) is 12.5 Å². The number of aryl methyl sites for hydroxylation is 1. The number of tetrazole rings is 1. The molecule has 0 spiro atoms. The van der Waals surface area contributed by atoms with Crippen LogP contribution in [0.1, 0.15) is 11.1 Å². The summed E-state index contributed by atoms with van der Waals surface area (Å²) in [6.07, 6.45) is 1.78. The van der Waals surface area contributed by atoms with Crippen LogP contribution in [0.4, 0.5) is 5.95 Å². The molecule has 0 radical (unpaired) electrons. The highest BCUT2D eigenvalue weighted by atomic mass is 15.6. The Morgan fingerprint density at radius 3 is 2.85 bits per heavy atom. The van der Waals surface area contributed by atoms with Gasteiger partial charge in [-0.1, -0.05) is 34.9 Å². The fourth-order valence-corrected chi connectivity index (χ4v) is 2.10. The summed E-state index contributed by atoms with van der Waals surface area (Å²) in [5.41, 5.74) is 9.93. The first kappa shape index (κ1) is 12.3. The average Bonchev–Trinajstić information content (AvgIpc) is 2.85. The molecule has 6 nitrogen and oxygen atoms in total. The van der Waals surface area contributed by atoms with Crippen LogP contribution >= 0.6 is 0 Å². The van der Waals surface area contributed by atoms with Gasteiger partial charge >= 0.3 is 0 Å². The first-order valence-electron chi connectivity index (χ1n) is 6.26. The molecule has 2 heterocycles. The fourth-order valence-electron chi connectivity index (χ4n) is 2.10. The minimum atomic E-state index is 0.295. The van der Waals surface area contributed by atoms with Gasteiger partial charge in [-0.25, -0.2) is 4.68 Å². The summed E-state index contributed by atoms with van der Waals surface area (Å²) in [6, 6.07) is 12.1. The maximum Gasteiger partial charge on any atom is 0.240 e. The van der Waals surface area contributed by atoms with Crippen LogP contribution in [0.2, 0.25) is 0 Å². The first-order valence-corrected chi connectivity index (χ1v) is 6.26. The van der Waals surface area contributed by atoms with Crippen LogP contribution < -0.4 is 5.73 Å². The minimum absolute atomic E-state index is 0.295. The molecular formula is C14H14N6. The summed E-state index contributed by atoms with van der Waals surface area (Å²) >= 11 is 0. The molecule has 20 heavy (non-hydrogen) atoms. The monoisotopic (exact) mass is 266 g/mol. The third-order valence-corrected chi connectivity index (χ3v) is 3.06. The van der Waals surface area contributed by atoms with E-state index < -0.39 is 0 Å². The minimum Gasteiger partial charge on any atom is -0.367 e. The first-order chi connectivity index (χ1) is 9.74. The number of anilines is 1. The average molecular weight is 266 g/mol. The maximum absolute atomic E-state index is 5.71. The van der Waals surface area contributed by atoms with Gasteiger partial charge in [0, 0.05) is 17.3 Å². The van der Waals surface area contributed by atoms with E-state index in [1.165, 1.54) is 5.56 Å². The third kappa shape index (κ3) is 2.35. The zero-order valence-corrected chi connectivity index (χ0v) is 11.1. The van der Waals surface area contributed by atoms with E-state index in [2.05, 4.69) is 39.6 Å². The van der Waals surface area contributed by atoms with E-state index in [1.807, 2.05) is 24.3 Å². The number of nitrogens with zero attached hydrogens (tertiary/aromatic N) is 5. The Morgan fingerprint density at radius 1 is 1.20 bits per heavy atom. The molecule has 0 aliphatic carbocycles. The molecule has 0 bridgehead atoms. The molecule has 2 aromatic heterocycles. The molecule has 100 valence electrons. The van der Waals surface area contributed by atoms with Crippen LogP contribution in [-0.4, -0.2) is 25.2 Å². The molecule has 0 saturated carbocycles. The van der Waals surface area contributed by atoms with Crippen LogP contribution in [-0.2, 0) is 6.54 Å². The summed E-state index contributed by atoms with van der Waals surface area (Å²) in [5.74, 6) is 0.295. The van der Waals surface area contributed by atoms with E-state index >= 15 is 0 Å². The molecule has 0 fully saturated rings. The molecule has 0 aliphatic rings. The van der Waals surface area contributed by atoms with Crippen LogP contribution in [0.25, 0.3) is 11.3 Å². The van der Waals surface area contributed by atoms with Crippen molar-refractivity contribution in [3.63, 3.8) is 0 Å². The van der Waals surface area contributed by atoms with Crippen molar-refractivity contribution in [3.05, 3.63) is 53.7 Å². The Kier molecular flexibility index (Phi) is 3.12. The van der Waals surface area contributed by atoms with Gasteiger partial charge in [-0.05, 0) is 29.5 Å². The SMILES string of the molecule is Cc1cccc(-c2ncccc2Cn2nnnc2N)c1. The molecule has 0 unspecified atom stereocenters. The molecule has 0 atom stereocenters. The Hall–Kier alpha value is -2.76. The fraction of sp³-hybridized carbons (Fsp3) is 0.143. The lowest BCUT2D eigenvalue weighted by molar-refractivity contribution is 0.654. The number of rotatable bonds is 3. The lowest BCUT2D eigenvalue weighted by atomic mass is 10.0. The van der Waals surface area contributed by atoms with Gasteiger partial charge in [-0.15, -0.1) is 0 Å². The number of hydrogen-bond acceptors (Lipinski definition) is 5. The van der Waals surface area contributed by atoms with Gasteiger partial charge in [-0.3, -0.25) is 4.98 Å². The second-order valence-corrected chi connectivity index (χ2v) is 4.58. The Morgan fingerprint density at radius 2 is 2.10 bits per heavy atom. The molecule has 1 aromatic carbocycles. The van der Waals surface area contributed by atoms with Crippen molar-refractivity contribution in [2.75, 3.05) is 5.73 Å². The van der Waals surface area contributed by atoms with E-state index in [-0.39, 0.29) is 0 Å². The highest BCUT2D eigenvalue weighted by Gasteiger charge is 2.09. The molecule has 0 aliphatic heterocycles. The zero-order valence-electron chi connectivity index (χ0n) is 11.1. The molecule has 2 N–H and O–H groups in total. The maximum atomic E-state index is 5.71. The van der Waals surface area contributed by atoms with E-state index in [4.69, 9.17) is 5.73 Å². The van der Waals surface area contributed by atoms with E-state index in [9.17, 15) is 0 Å². The Labute approximate surface area is 116 Å². The normalized spacial score (nSPS) is 10.7. The number of nitrogens with two attached hydrogens (primary N) is 1. The number of aromatic nitrogens is 5. The predicted octanol–water partition coefficient (Wildman–Crippen LogP) is 1.67. The lowest BCUT2D eigenvalue weighted by Crippen LogP contribution is -2.08. The van der Waals surface area contributed by atoms with Gasteiger partial charge in [0.1, 0.15) is 0 Å². The quantitative estimate of drug-likeness (QED) is 0.779. The molecule has 0 saturated heterocycles. The van der Waals surface area contributed by atoms with Crippen molar-refractivity contribution < 1.29 is 0 Å². The predicted molar refractivity (Wildman–Crippen MR) is 75.7 cm³/mol. The Balaban J connectivity index is 2.02. The standard InChI is InChI=1S/C14H14N6/c1-10-4-2-5-11(8-10)13-12(6-3-7-16-13)9-20-14(15)17-18-19-20/h2-8H,9H2,1H3,(H2,15,17,19). The van der Waals surface area contributed by atoms with E-state index in [0.717, 1.165) is 16.8 Å². The van der Waals surface area contributed by atoms with Crippen molar-refractivity contribution in [2.24, 2.45) is 0 Å². The highest BCUT2D eigenvalue weighted by Crippen LogP contribution is 2.22. The second kappa shape index (κ2) is 5.08. The number of pyridine rings is 1. The molecule has 3 rings (SSSR count). The number of benzene rings is 1. The van der Waals surface area contributed by atoms with Gasteiger partial charge in [0.15, 0.2) is 0 Å².